The van der Waals surface area contributed by atoms with Crippen molar-refractivity contribution in [1.82, 2.24) is 4.90 Å². The van der Waals surface area contributed by atoms with Crippen LogP contribution >= 0.6 is 0 Å². The lowest BCUT2D eigenvalue weighted by molar-refractivity contribution is 0.0320. The van der Waals surface area contributed by atoms with E-state index < -0.39 is 0 Å². The molecule has 2 aliphatic rings. The van der Waals surface area contributed by atoms with Crippen LogP contribution in [-0.2, 0) is 0 Å². The van der Waals surface area contributed by atoms with Crippen LogP contribution in [0.3, 0.4) is 0 Å². The largest absolute Gasteiger partial charge is 0.391 e. The quantitative estimate of drug-likeness (QED) is 0.758. The molecule has 2 heteroatoms. The minimum Gasteiger partial charge on any atom is -0.391 e. The van der Waals surface area contributed by atoms with Crippen LogP contribution < -0.4 is 0 Å². The topological polar surface area (TPSA) is 23.5 Å². The van der Waals surface area contributed by atoms with Gasteiger partial charge in [-0.25, -0.2) is 0 Å². The molecule has 15 heavy (non-hydrogen) atoms. The Bertz CT molecular complexity index is 207. The van der Waals surface area contributed by atoms with Gasteiger partial charge in [0.15, 0.2) is 0 Å². The van der Waals surface area contributed by atoms with E-state index in [0.717, 1.165) is 18.4 Å². The number of likely N-dealkylation sites (N-methyl/N-ethyl adjacent to an activating group) is 1. The molecule has 2 aliphatic carbocycles. The number of aliphatic hydroxyl groups excluding tert-OH is 1. The molecule has 2 fully saturated rings. The van der Waals surface area contributed by atoms with Crippen LogP contribution in [0.25, 0.3) is 0 Å². The van der Waals surface area contributed by atoms with Crippen LogP contribution in [0.5, 0.6) is 0 Å². The molecule has 0 bridgehead atoms. The molecule has 2 unspecified atom stereocenters. The zero-order chi connectivity index (χ0) is 10.8. The number of hydrogen-bond acceptors (Lipinski definition) is 2. The van der Waals surface area contributed by atoms with E-state index in [1.807, 2.05) is 0 Å². The van der Waals surface area contributed by atoms with Gasteiger partial charge in [0.2, 0.25) is 0 Å². The molecule has 2 saturated carbocycles. The Labute approximate surface area is 93.7 Å². The fourth-order valence-corrected chi connectivity index (χ4v) is 3.54. The zero-order valence-electron chi connectivity index (χ0n) is 10.2. The molecule has 4 atom stereocenters. The van der Waals surface area contributed by atoms with Crippen molar-refractivity contribution in [2.24, 2.45) is 5.92 Å². The van der Waals surface area contributed by atoms with Crippen LogP contribution in [0.15, 0.2) is 0 Å². The summed E-state index contributed by atoms with van der Waals surface area (Å²) in [6, 6.07) is 1.16. The first kappa shape index (κ1) is 11.4. The van der Waals surface area contributed by atoms with E-state index in [-0.39, 0.29) is 6.10 Å². The van der Waals surface area contributed by atoms with E-state index in [2.05, 4.69) is 18.9 Å². The Morgan fingerprint density at radius 1 is 0.933 bits per heavy atom. The summed E-state index contributed by atoms with van der Waals surface area (Å²) < 4.78 is 0. The molecular formula is C13H25NO. The Morgan fingerprint density at radius 2 is 1.60 bits per heavy atom. The fourth-order valence-electron chi connectivity index (χ4n) is 3.54. The third-order valence-corrected chi connectivity index (χ3v) is 4.56. The average molecular weight is 211 g/mol. The summed E-state index contributed by atoms with van der Waals surface area (Å²) in [6.07, 6.45) is 8.83. The predicted molar refractivity (Wildman–Crippen MR) is 62.8 cm³/mol. The lowest BCUT2D eigenvalue weighted by Crippen LogP contribution is -2.47. The minimum absolute atomic E-state index is 0.0656. The number of nitrogens with zero attached hydrogens (tertiary/aromatic N) is 1. The second-order valence-electron chi connectivity index (χ2n) is 5.56. The van der Waals surface area contributed by atoms with Gasteiger partial charge < -0.3 is 5.11 Å². The van der Waals surface area contributed by atoms with Gasteiger partial charge in [-0.15, -0.1) is 0 Å². The van der Waals surface area contributed by atoms with Crippen LogP contribution in [-0.4, -0.2) is 35.2 Å². The minimum atomic E-state index is -0.0656. The van der Waals surface area contributed by atoms with E-state index in [9.17, 15) is 5.11 Å². The van der Waals surface area contributed by atoms with E-state index >= 15 is 0 Å². The standard InChI is InChI=1S/C13H25NO/c1-10-6-3-4-7-11(10)14(2)12-8-5-9-13(12)15/h10-13,15H,3-9H2,1-2H3/t10?,11?,12-,13-/m1/s1. The Hall–Kier alpha value is -0.0800. The van der Waals surface area contributed by atoms with Crippen molar-refractivity contribution in [2.45, 2.75) is 70.1 Å². The monoisotopic (exact) mass is 211 g/mol. The first-order valence-corrected chi connectivity index (χ1v) is 6.60. The zero-order valence-corrected chi connectivity index (χ0v) is 10.2. The molecule has 0 spiro atoms. The maximum Gasteiger partial charge on any atom is 0.0695 e. The van der Waals surface area contributed by atoms with Crippen molar-refractivity contribution in [3.05, 3.63) is 0 Å². The highest BCUT2D eigenvalue weighted by Gasteiger charge is 2.34. The van der Waals surface area contributed by atoms with E-state index in [1.54, 1.807) is 0 Å². The van der Waals surface area contributed by atoms with Crippen molar-refractivity contribution in [1.29, 1.82) is 0 Å². The molecule has 1 N–H and O–H groups in total. The summed E-state index contributed by atoms with van der Waals surface area (Å²) in [6.45, 7) is 2.38. The molecular weight excluding hydrogens is 186 g/mol. The van der Waals surface area contributed by atoms with Crippen LogP contribution in [0.1, 0.15) is 51.9 Å². The molecule has 0 radical (unpaired) electrons. The first-order valence-electron chi connectivity index (χ1n) is 6.60. The van der Waals surface area contributed by atoms with Gasteiger partial charge in [0.1, 0.15) is 0 Å². The summed E-state index contributed by atoms with van der Waals surface area (Å²) in [5.74, 6) is 0.816. The highest BCUT2D eigenvalue weighted by molar-refractivity contribution is 4.89. The smallest absolute Gasteiger partial charge is 0.0695 e. The summed E-state index contributed by atoms with van der Waals surface area (Å²) in [5.41, 5.74) is 0. The first-order chi connectivity index (χ1) is 7.20. The van der Waals surface area contributed by atoms with Crippen LogP contribution in [0, 0.1) is 5.92 Å². The van der Waals surface area contributed by atoms with Gasteiger partial charge in [0, 0.05) is 12.1 Å². The summed E-state index contributed by atoms with van der Waals surface area (Å²) in [7, 11) is 2.23. The van der Waals surface area contributed by atoms with Gasteiger partial charge in [-0.1, -0.05) is 19.8 Å². The molecule has 88 valence electrons. The van der Waals surface area contributed by atoms with Gasteiger partial charge in [-0.05, 0) is 45.1 Å². The van der Waals surface area contributed by atoms with Gasteiger partial charge in [-0.2, -0.15) is 0 Å². The lowest BCUT2D eigenvalue weighted by Gasteiger charge is -2.40. The molecule has 0 saturated heterocycles. The molecule has 0 aromatic rings. The third-order valence-electron chi connectivity index (χ3n) is 4.56. The number of rotatable bonds is 2. The van der Waals surface area contributed by atoms with Crippen molar-refractivity contribution >= 4 is 0 Å². The molecule has 0 aromatic carbocycles. The fraction of sp³-hybridized carbons (Fsp3) is 1.00. The van der Waals surface area contributed by atoms with Gasteiger partial charge >= 0.3 is 0 Å². The highest BCUT2D eigenvalue weighted by Crippen LogP contribution is 2.32. The van der Waals surface area contributed by atoms with E-state index in [0.29, 0.717) is 6.04 Å². The van der Waals surface area contributed by atoms with E-state index in [4.69, 9.17) is 0 Å². The van der Waals surface area contributed by atoms with Crippen molar-refractivity contribution < 1.29 is 5.11 Å². The molecule has 0 aromatic heterocycles. The van der Waals surface area contributed by atoms with Crippen LogP contribution in [0.2, 0.25) is 0 Å². The third kappa shape index (κ3) is 2.36. The van der Waals surface area contributed by atoms with Gasteiger partial charge in [-0.3, -0.25) is 4.90 Å². The second-order valence-corrected chi connectivity index (χ2v) is 5.56. The molecule has 0 amide bonds. The van der Waals surface area contributed by atoms with Crippen LogP contribution in [0.4, 0.5) is 0 Å². The summed E-state index contributed by atoms with van der Waals surface area (Å²) in [5, 5.41) is 9.93. The molecule has 0 aliphatic heterocycles. The van der Waals surface area contributed by atoms with Gasteiger partial charge in [0.25, 0.3) is 0 Å². The average Bonchev–Trinajstić information content (AvgIpc) is 2.64. The second kappa shape index (κ2) is 4.84. The molecule has 2 rings (SSSR count). The number of hydrogen-bond donors (Lipinski definition) is 1. The summed E-state index contributed by atoms with van der Waals surface area (Å²) in [4.78, 5) is 2.49. The van der Waals surface area contributed by atoms with Crippen molar-refractivity contribution in [3.63, 3.8) is 0 Å². The Balaban J connectivity index is 1.96. The SMILES string of the molecule is CC1CCCCC1N(C)[C@@H]1CCC[C@H]1O. The number of aliphatic hydroxyl groups is 1. The van der Waals surface area contributed by atoms with Gasteiger partial charge in [0.05, 0.1) is 6.10 Å². The van der Waals surface area contributed by atoms with Crippen molar-refractivity contribution in [3.8, 4) is 0 Å². The molecule has 2 nitrogen and oxygen atoms in total. The summed E-state index contributed by atoms with van der Waals surface area (Å²) >= 11 is 0. The normalized spacial score (nSPS) is 42.4. The lowest BCUT2D eigenvalue weighted by atomic mass is 9.84. The highest BCUT2D eigenvalue weighted by atomic mass is 16.3. The maximum absolute atomic E-state index is 9.93. The van der Waals surface area contributed by atoms with E-state index in [1.165, 1.54) is 38.5 Å². The maximum atomic E-state index is 9.93. The van der Waals surface area contributed by atoms with Crippen molar-refractivity contribution in [2.75, 3.05) is 7.05 Å². The Morgan fingerprint density at radius 3 is 2.20 bits per heavy atom. The predicted octanol–water partition coefficient (Wildman–Crippen LogP) is 2.41. The molecule has 0 heterocycles. The Kier molecular flexibility index (Phi) is 3.68.